The molecule has 0 saturated heterocycles. The number of hydrogen-bond acceptors (Lipinski definition) is 5. The first-order chi connectivity index (χ1) is 12.0. The molecule has 7 nitrogen and oxygen atoms in total. The quantitative estimate of drug-likeness (QED) is 0.622. The molecule has 1 aromatic rings. The van der Waals surface area contributed by atoms with E-state index in [0.717, 1.165) is 19.3 Å². The second kappa shape index (κ2) is 10.8. The Morgan fingerprint density at radius 2 is 1.88 bits per heavy atom. The molecule has 26 heavy (non-hydrogen) atoms. The van der Waals surface area contributed by atoms with E-state index >= 15 is 0 Å². The molecule has 8 heteroatoms. The third-order valence-electron chi connectivity index (χ3n) is 4.44. The number of hydrogen-bond donors (Lipinski definition) is 3. The van der Waals surface area contributed by atoms with Crippen molar-refractivity contribution >= 4 is 35.9 Å². The van der Waals surface area contributed by atoms with Crippen LogP contribution in [0.1, 0.15) is 42.5 Å². The number of carbonyl (C=O) groups excluding carboxylic acids is 3. The van der Waals surface area contributed by atoms with E-state index in [2.05, 4.69) is 15.4 Å². The Hall–Kier alpha value is -2.12. The third-order valence-corrected chi connectivity index (χ3v) is 4.44. The van der Waals surface area contributed by atoms with Crippen molar-refractivity contribution < 1.29 is 19.1 Å². The number of halogens is 1. The van der Waals surface area contributed by atoms with Gasteiger partial charge in [-0.15, -0.1) is 12.4 Å². The Bertz CT molecular complexity index is 621. The van der Waals surface area contributed by atoms with Gasteiger partial charge in [0, 0.05) is 30.3 Å². The molecule has 0 heterocycles. The highest BCUT2D eigenvalue weighted by Crippen LogP contribution is 2.27. The SMILES string of the molecule is COC(=O)CCNC(=O)c1ccc(NC(=O)C[C@@H]2CCC[C@H]2N)cc1.Cl. The largest absolute Gasteiger partial charge is 0.469 e. The number of amides is 2. The van der Waals surface area contributed by atoms with Crippen LogP contribution < -0.4 is 16.4 Å². The molecule has 0 radical (unpaired) electrons. The molecular weight excluding hydrogens is 358 g/mol. The molecule has 1 saturated carbocycles. The number of carbonyl (C=O) groups is 3. The number of methoxy groups -OCH3 is 1. The van der Waals surface area contributed by atoms with E-state index in [-0.39, 0.29) is 55.1 Å². The van der Waals surface area contributed by atoms with Crippen molar-refractivity contribution in [1.82, 2.24) is 5.32 Å². The summed E-state index contributed by atoms with van der Waals surface area (Å²) in [5.41, 5.74) is 7.09. The highest BCUT2D eigenvalue weighted by molar-refractivity contribution is 5.96. The van der Waals surface area contributed by atoms with Crippen molar-refractivity contribution in [3.8, 4) is 0 Å². The zero-order valence-electron chi connectivity index (χ0n) is 14.8. The second-order valence-corrected chi connectivity index (χ2v) is 6.27. The molecule has 2 rings (SSSR count). The summed E-state index contributed by atoms with van der Waals surface area (Å²) in [7, 11) is 1.30. The van der Waals surface area contributed by atoms with Gasteiger partial charge >= 0.3 is 5.97 Å². The van der Waals surface area contributed by atoms with Crippen LogP contribution in [0, 0.1) is 5.92 Å². The lowest BCUT2D eigenvalue weighted by Gasteiger charge is -2.14. The van der Waals surface area contributed by atoms with Crippen LogP contribution in [0.4, 0.5) is 5.69 Å². The van der Waals surface area contributed by atoms with Gasteiger partial charge in [0.05, 0.1) is 13.5 Å². The molecule has 1 aromatic carbocycles. The van der Waals surface area contributed by atoms with Gasteiger partial charge in [-0.3, -0.25) is 14.4 Å². The van der Waals surface area contributed by atoms with Gasteiger partial charge < -0.3 is 21.1 Å². The molecule has 1 aliphatic carbocycles. The van der Waals surface area contributed by atoms with E-state index in [1.54, 1.807) is 24.3 Å². The first-order valence-corrected chi connectivity index (χ1v) is 8.50. The minimum Gasteiger partial charge on any atom is -0.469 e. The van der Waals surface area contributed by atoms with E-state index < -0.39 is 0 Å². The van der Waals surface area contributed by atoms with Crippen LogP contribution in [-0.4, -0.2) is 37.5 Å². The van der Waals surface area contributed by atoms with Crippen LogP contribution in [-0.2, 0) is 14.3 Å². The molecule has 2 atom stereocenters. The van der Waals surface area contributed by atoms with Gasteiger partial charge in [-0.2, -0.15) is 0 Å². The summed E-state index contributed by atoms with van der Waals surface area (Å²) >= 11 is 0. The van der Waals surface area contributed by atoms with Gasteiger partial charge in [-0.25, -0.2) is 0 Å². The second-order valence-electron chi connectivity index (χ2n) is 6.27. The van der Waals surface area contributed by atoms with Gasteiger partial charge in [0.1, 0.15) is 0 Å². The maximum absolute atomic E-state index is 12.1. The average molecular weight is 384 g/mol. The maximum Gasteiger partial charge on any atom is 0.307 e. The first-order valence-electron chi connectivity index (χ1n) is 8.50. The number of benzene rings is 1. The Morgan fingerprint density at radius 3 is 2.46 bits per heavy atom. The van der Waals surface area contributed by atoms with Crippen LogP contribution in [0.15, 0.2) is 24.3 Å². The molecule has 4 N–H and O–H groups in total. The van der Waals surface area contributed by atoms with E-state index in [0.29, 0.717) is 17.7 Å². The highest BCUT2D eigenvalue weighted by atomic mass is 35.5. The molecular formula is C18H26ClN3O4. The Labute approximate surface area is 159 Å². The smallest absolute Gasteiger partial charge is 0.307 e. The van der Waals surface area contributed by atoms with Crippen molar-refractivity contribution in [2.45, 2.75) is 38.1 Å². The average Bonchev–Trinajstić information content (AvgIpc) is 2.99. The van der Waals surface area contributed by atoms with Gasteiger partial charge in [-0.1, -0.05) is 6.42 Å². The summed E-state index contributed by atoms with van der Waals surface area (Å²) in [6, 6.07) is 6.74. The molecule has 1 fully saturated rings. The topological polar surface area (TPSA) is 111 Å². The fourth-order valence-corrected chi connectivity index (χ4v) is 2.96. The minimum absolute atomic E-state index is 0. The lowest BCUT2D eigenvalue weighted by atomic mass is 10.00. The van der Waals surface area contributed by atoms with Crippen LogP contribution in [0.3, 0.4) is 0 Å². The van der Waals surface area contributed by atoms with E-state index in [1.807, 2.05) is 0 Å². The van der Waals surface area contributed by atoms with Crippen LogP contribution in [0.25, 0.3) is 0 Å². The van der Waals surface area contributed by atoms with Gasteiger partial charge in [0.25, 0.3) is 5.91 Å². The molecule has 1 aliphatic rings. The van der Waals surface area contributed by atoms with Crippen molar-refractivity contribution in [3.05, 3.63) is 29.8 Å². The minimum atomic E-state index is -0.375. The highest BCUT2D eigenvalue weighted by Gasteiger charge is 2.26. The lowest BCUT2D eigenvalue weighted by molar-refractivity contribution is -0.140. The summed E-state index contributed by atoms with van der Waals surface area (Å²) in [4.78, 5) is 35.0. The van der Waals surface area contributed by atoms with Crippen molar-refractivity contribution in [2.24, 2.45) is 11.7 Å². The molecule has 0 unspecified atom stereocenters. The lowest BCUT2D eigenvalue weighted by Crippen LogP contribution is -2.28. The summed E-state index contributed by atoms with van der Waals surface area (Å²) < 4.78 is 4.51. The third kappa shape index (κ3) is 6.65. The molecule has 0 bridgehead atoms. The van der Waals surface area contributed by atoms with E-state index in [9.17, 15) is 14.4 Å². The number of nitrogens with two attached hydrogens (primary N) is 1. The molecule has 0 aliphatic heterocycles. The maximum atomic E-state index is 12.1. The number of ether oxygens (including phenoxy) is 1. The summed E-state index contributed by atoms with van der Waals surface area (Å²) in [6.07, 6.45) is 3.62. The first kappa shape index (κ1) is 21.9. The standard InChI is InChI=1S/C18H25N3O4.ClH/c1-25-17(23)9-10-20-18(24)12-5-7-14(8-6-12)21-16(22)11-13-3-2-4-15(13)19;/h5-8,13,15H,2-4,9-11,19H2,1H3,(H,20,24)(H,21,22);1H/t13-,15+;/m0./s1. The van der Waals surface area contributed by atoms with Gasteiger partial charge in [0.2, 0.25) is 5.91 Å². The summed E-state index contributed by atoms with van der Waals surface area (Å²) in [6.45, 7) is 0.214. The normalized spacial score (nSPS) is 18.5. The van der Waals surface area contributed by atoms with Crippen molar-refractivity contribution in [3.63, 3.8) is 0 Å². The number of rotatable bonds is 7. The monoisotopic (exact) mass is 383 g/mol. The van der Waals surface area contributed by atoms with Crippen LogP contribution in [0.2, 0.25) is 0 Å². The van der Waals surface area contributed by atoms with Crippen LogP contribution >= 0.6 is 12.4 Å². The van der Waals surface area contributed by atoms with Crippen molar-refractivity contribution in [1.29, 1.82) is 0 Å². The molecule has 0 spiro atoms. The van der Waals surface area contributed by atoms with E-state index in [1.165, 1.54) is 7.11 Å². The summed E-state index contributed by atoms with van der Waals surface area (Å²) in [5, 5.41) is 5.47. The Balaban J connectivity index is 0.00000338. The fraction of sp³-hybridized carbons (Fsp3) is 0.500. The van der Waals surface area contributed by atoms with Gasteiger partial charge in [-0.05, 0) is 43.0 Å². The van der Waals surface area contributed by atoms with Crippen molar-refractivity contribution in [2.75, 3.05) is 19.0 Å². The zero-order chi connectivity index (χ0) is 18.2. The zero-order valence-corrected chi connectivity index (χ0v) is 15.6. The fourth-order valence-electron chi connectivity index (χ4n) is 2.96. The van der Waals surface area contributed by atoms with E-state index in [4.69, 9.17) is 5.73 Å². The number of nitrogens with one attached hydrogen (secondary N) is 2. The van der Waals surface area contributed by atoms with Crippen LogP contribution in [0.5, 0.6) is 0 Å². The Kier molecular flexibility index (Phi) is 9.09. The summed E-state index contributed by atoms with van der Waals surface area (Å²) in [5.74, 6) is -0.462. The van der Waals surface area contributed by atoms with Gasteiger partial charge in [0.15, 0.2) is 0 Å². The molecule has 0 aromatic heterocycles. The number of anilines is 1. The Morgan fingerprint density at radius 1 is 1.19 bits per heavy atom. The number of esters is 1. The predicted octanol–water partition coefficient (Wildman–Crippen LogP) is 1.86. The predicted molar refractivity (Wildman–Crippen MR) is 101 cm³/mol. The molecule has 144 valence electrons. The molecule has 2 amide bonds.